The van der Waals surface area contributed by atoms with E-state index in [-0.39, 0.29) is 0 Å². The minimum absolute atomic E-state index is 0.416. The molecule has 20 heavy (non-hydrogen) atoms. The van der Waals surface area contributed by atoms with Crippen LogP contribution in [0.4, 0.5) is 11.8 Å². The van der Waals surface area contributed by atoms with Crippen molar-refractivity contribution in [2.75, 3.05) is 37.8 Å². The highest BCUT2D eigenvalue weighted by molar-refractivity contribution is 5.86. The van der Waals surface area contributed by atoms with E-state index in [0.717, 1.165) is 36.4 Å². The Kier molecular flexibility index (Phi) is 4.73. The van der Waals surface area contributed by atoms with Gasteiger partial charge in [-0.2, -0.15) is 15.1 Å². The van der Waals surface area contributed by atoms with Crippen LogP contribution in [0.25, 0.3) is 11.0 Å². The lowest BCUT2D eigenvalue weighted by atomic mass is 10.3. The molecule has 0 aliphatic carbocycles. The molecule has 7 heteroatoms. The fraction of sp³-hybridized carbons (Fsp3) is 0.615. The Morgan fingerprint density at radius 1 is 1.30 bits per heavy atom. The second kappa shape index (κ2) is 6.51. The number of rotatable bonds is 7. The molecular weight excluding hydrogens is 254 g/mol. The topological polar surface area (TPSA) is 81.8 Å². The van der Waals surface area contributed by atoms with Crippen molar-refractivity contribution in [3.8, 4) is 0 Å². The van der Waals surface area contributed by atoms with E-state index in [0.29, 0.717) is 12.0 Å². The van der Waals surface area contributed by atoms with Crippen molar-refractivity contribution in [3.63, 3.8) is 0 Å². The summed E-state index contributed by atoms with van der Waals surface area (Å²) >= 11 is 0. The molecule has 1 atom stereocenters. The Bertz CT molecular complexity index is 549. The van der Waals surface area contributed by atoms with Gasteiger partial charge in [0.05, 0.1) is 11.6 Å². The third-order valence-electron chi connectivity index (χ3n) is 3.29. The highest BCUT2D eigenvalue weighted by Gasteiger charge is 2.11. The maximum atomic E-state index is 4.53. The van der Waals surface area contributed by atoms with Gasteiger partial charge >= 0.3 is 0 Å². The number of fused-ring (bicyclic) bond motifs is 1. The third kappa shape index (κ3) is 3.36. The first kappa shape index (κ1) is 14.5. The van der Waals surface area contributed by atoms with E-state index < -0.39 is 0 Å². The summed E-state index contributed by atoms with van der Waals surface area (Å²) in [5.41, 5.74) is 0.749. The highest BCUT2D eigenvalue weighted by atomic mass is 15.2. The fourth-order valence-corrected chi connectivity index (χ4v) is 1.71. The number of nitrogens with zero attached hydrogens (tertiary/aromatic N) is 4. The third-order valence-corrected chi connectivity index (χ3v) is 3.29. The Morgan fingerprint density at radius 2 is 2.10 bits per heavy atom. The first-order valence-corrected chi connectivity index (χ1v) is 6.97. The molecule has 2 aromatic heterocycles. The Morgan fingerprint density at radius 3 is 2.80 bits per heavy atom. The van der Waals surface area contributed by atoms with Crippen LogP contribution < -0.4 is 10.6 Å². The second-order valence-electron chi connectivity index (χ2n) is 5.15. The summed E-state index contributed by atoms with van der Waals surface area (Å²) in [6.07, 6.45) is 2.78. The maximum Gasteiger partial charge on any atom is 0.226 e. The number of H-pyrrole nitrogens is 1. The van der Waals surface area contributed by atoms with Crippen molar-refractivity contribution in [2.24, 2.45) is 0 Å². The number of hydrogen-bond acceptors (Lipinski definition) is 6. The molecule has 0 saturated carbocycles. The number of aromatic amines is 1. The summed E-state index contributed by atoms with van der Waals surface area (Å²) in [6, 6.07) is 0.416. The van der Waals surface area contributed by atoms with Gasteiger partial charge in [-0.15, -0.1) is 0 Å². The molecule has 7 nitrogen and oxygen atoms in total. The predicted octanol–water partition coefficient (Wildman–Crippen LogP) is 1.54. The second-order valence-corrected chi connectivity index (χ2v) is 5.15. The van der Waals surface area contributed by atoms with Crippen molar-refractivity contribution in [1.82, 2.24) is 25.1 Å². The summed E-state index contributed by atoms with van der Waals surface area (Å²) in [6.45, 7) is 5.95. The number of likely N-dealkylation sites (N-methyl/N-ethyl adjacent to an activating group) is 1. The molecule has 0 saturated heterocycles. The van der Waals surface area contributed by atoms with Gasteiger partial charge in [-0.3, -0.25) is 5.10 Å². The van der Waals surface area contributed by atoms with E-state index in [2.05, 4.69) is 63.6 Å². The molecule has 0 aliphatic heterocycles. The van der Waals surface area contributed by atoms with Gasteiger partial charge in [0.25, 0.3) is 0 Å². The molecule has 1 unspecified atom stereocenters. The SMILES string of the molecule is CCCNc1nc(NCC(C)N(C)C)c2cn[nH]c2n1. The number of hydrogen-bond donors (Lipinski definition) is 3. The summed E-state index contributed by atoms with van der Waals surface area (Å²) in [4.78, 5) is 11.1. The van der Waals surface area contributed by atoms with Gasteiger partial charge in [0.2, 0.25) is 5.95 Å². The van der Waals surface area contributed by atoms with Crippen LogP contribution in [0.15, 0.2) is 6.20 Å². The van der Waals surface area contributed by atoms with Crippen LogP contribution in [0.3, 0.4) is 0 Å². The molecule has 0 spiro atoms. The fourth-order valence-electron chi connectivity index (χ4n) is 1.71. The van der Waals surface area contributed by atoms with E-state index in [1.807, 2.05) is 0 Å². The zero-order valence-electron chi connectivity index (χ0n) is 12.6. The van der Waals surface area contributed by atoms with Gasteiger partial charge < -0.3 is 15.5 Å². The molecule has 2 aromatic rings. The molecular formula is C13H23N7. The molecule has 0 amide bonds. The number of aromatic nitrogens is 4. The molecule has 0 aromatic carbocycles. The molecule has 2 rings (SSSR count). The van der Waals surface area contributed by atoms with E-state index >= 15 is 0 Å². The number of anilines is 2. The van der Waals surface area contributed by atoms with E-state index in [4.69, 9.17) is 0 Å². The molecule has 3 N–H and O–H groups in total. The highest BCUT2D eigenvalue weighted by Crippen LogP contribution is 2.19. The van der Waals surface area contributed by atoms with Gasteiger partial charge in [0.15, 0.2) is 5.65 Å². The predicted molar refractivity (Wildman–Crippen MR) is 82.1 cm³/mol. The van der Waals surface area contributed by atoms with Crippen molar-refractivity contribution < 1.29 is 0 Å². The lowest BCUT2D eigenvalue weighted by Gasteiger charge is -2.20. The summed E-state index contributed by atoms with van der Waals surface area (Å²) < 4.78 is 0. The van der Waals surface area contributed by atoms with Crippen LogP contribution in [0, 0.1) is 0 Å². The van der Waals surface area contributed by atoms with Gasteiger partial charge in [-0.25, -0.2) is 0 Å². The quantitative estimate of drug-likeness (QED) is 0.712. The summed E-state index contributed by atoms with van der Waals surface area (Å²) in [5.74, 6) is 1.44. The van der Waals surface area contributed by atoms with Gasteiger partial charge in [0, 0.05) is 19.1 Å². The van der Waals surface area contributed by atoms with Gasteiger partial charge in [-0.05, 0) is 27.4 Å². The normalized spacial score (nSPS) is 12.8. The number of nitrogens with one attached hydrogen (secondary N) is 3. The van der Waals surface area contributed by atoms with Crippen LogP contribution >= 0.6 is 0 Å². The minimum Gasteiger partial charge on any atom is -0.368 e. The summed E-state index contributed by atoms with van der Waals surface area (Å²) in [7, 11) is 4.13. The summed E-state index contributed by atoms with van der Waals surface area (Å²) in [5, 5.41) is 14.4. The van der Waals surface area contributed by atoms with Gasteiger partial charge in [-0.1, -0.05) is 6.92 Å². The van der Waals surface area contributed by atoms with Crippen molar-refractivity contribution >= 4 is 22.8 Å². The monoisotopic (exact) mass is 277 g/mol. The van der Waals surface area contributed by atoms with Crippen LogP contribution in [0.5, 0.6) is 0 Å². The first-order chi connectivity index (χ1) is 9.61. The molecule has 0 radical (unpaired) electrons. The standard InChI is InChI=1S/C13H23N7/c1-5-6-14-13-17-11(15-7-9(2)20(3)4)10-8-16-19-12(10)18-13/h8-9H,5-7H2,1-4H3,(H3,14,15,16,17,18,19). The van der Waals surface area contributed by atoms with Crippen LogP contribution in [-0.2, 0) is 0 Å². The Balaban J connectivity index is 2.19. The Labute approximate surface area is 119 Å². The average Bonchev–Trinajstić information content (AvgIpc) is 2.90. The average molecular weight is 277 g/mol. The van der Waals surface area contributed by atoms with E-state index in [1.54, 1.807) is 6.20 Å². The lowest BCUT2D eigenvalue weighted by Crippen LogP contribution is -2.31. The molecule has 0 aliphatic rings. The zero-order chi connectivity index (χ0) is 14.5. The first-order valence-electron chi connectivity index (χ1n) is 6.97. The van der Waals surface area contributed by atoms with Crippen LogP contribution in [0.2, 0.25) is 0 Å². The zero-order valence-corrected chi connectivity index (χ0v) is 12.6. The van der Waals surface area contributed by atoms with Crippen molar-refractivity contribution in [3.05, 3.63) is 6.20 Å². The van der Waals surface area contributed by atoms with Crippen molar-refractivity contribution in [2.45, 2.75) is 26.3 Å². The van der Waals surface area contributed by atoms with Crippen LogP contribution in [-0.4, -0.2) is 58.3 Å². The molecule has 110 valence electrons. The largest absolute Gasteiger partial charge is 0.368 e. The molecule has 0 bridgehead atoms. The van der Waals surface area contributed by atoms with Crippen LogP contribution in [0.1, 0.15) is 20.3 Å². The van der Waals surface area contributed by atoms with Gasteiger partial charge in [0.1, 0.15) is 5.82 Å². The molecule has 2 heterocycles. The Hall–Kier alpha value is -1.89. The molecule has 0 fully saturated rings. The van der Waals surface area contributed by atoms with E-state index in [1.165, 1.54) is 0 Å². The lowest BCUT2D eigenvalue weighted by molar-refractivity contribution is 0.326. The van der Waals surface area contributed by atoms with E-state index in [9.17, 15) is 0 Å². The minimum atomic E-state index is 0.416. The maximum absolute atomic E-state index is 4.53. The smallest absolute Gasteiger partial charge is 0.226 e. The van der Waals surface area contributed by atoms with Crippen molar-refractivity contribution in [1.29, 1.82) is 0 Å².